The Kier molecular flexibility index (Phi) is 22.9. The molecular weight excluding hydrogens is 1160 g/mol. The van der Waals surface area contributed by atoms with Crippen molar-refractivity contribution in [2.75, 3.05) is 92.1 Å². The highest BCUT2D eigenvalue weighted by molar-refractivity contribution is 6.13. The number of aromatic nitrogens is 2. The zero-order valence-electron chi connectivity index (χ0n) is 49.5. The Morgan fingerprint density at radius 2 is 1.37 bits per heavy atom. The van der Waals surface area contributed by atoms with Crippen molar-refractivity contribution in [1.29, 1.82) is 0 Å². The number of nitrogens with two attached hydrogens (primary N) is 1. The number of primary amides is 1. The molecule has 5 heterocycles. The van der Waals surface area contributed by atoms with Gasteiger partial charge in [-0.25, -0.2) is 14.2 Å². The molecule has 3 aliphatic heterocycles. The number of imide groups is 1. The topological polar surface area (TPSA) is 373 Å². The fourth-order valence-electron chi connectivity index (χ4n) is 11.1. The van der Waals surface area contributed by atoms with Gasteiger partial charge >= 0.3 is 5.97 Å². The molecule has 0 spiro atoms. The van der Waals surface area contributed by atoms with Gasteiger partial charge in [-0.15, -0.1) is 0 Å². The summed E-state index contributed by atoms with van der Waals surface area (Å²) in [6.07, 6.45) is 2.66. The van der Waals surface area contributed by atoms with E-state index in [1.54, 1.807) is 50.2 Å². The lowest BCUT2D eigenvalue weighted by atomic mass is 9.73. The average molecular weight is 1240 g/mol. The van der Waals surface area contributed by atoms with Gasteiger partial charge in [0.05, 0.1) is 102 Å². The van der Waals surface area contributed by atoms with Crippen molar-refractivity contribution in [1.82, 2.24) is 46.4 Å². The minimum atomic E-state index is -2.06. The van der Waals surface area contributed by atoms with Crippen LogP contribution in [0.1, 0.15) is 71.6 Å². The Bertz CT molecular complexity index is 3450. The minimum Gasteiger partial charge on any atom is -0.458 e. The van der Waals surface area contributed by atoms with Crippen LogP contribution in [0.5, 0.6) is 0 Å². The fraction of sp³-hybridized carbons (Fsp3) is 0.475. The number of halogens is 1. The number of ether oxygens (including phenoxy) is 5. The van der Waals surface area contributed by atoms with Crippen molar-refractivity contribution in [2.24, 2.45) is 17.6 Å². The van der Waals surface area contributed by atoms with E-state index < -0.39 is 108 Å². The third-order valence-electron chi connectivity index (χ3n) is 15.9. The Balaban J connectivity index is 0.735. The summed E-state index contributed by atoms with van der Waals surface area (Å²) in [5, 5.41) is 27.6. The number of hydrogen-bond donors (Lipinski definition) is 8. The number of pyridine rings is 2. The molecular formula is C61H73FN10O17. The number of aliphatic hydroxyl groups is 1. The van der Waals surface area contributed by atoms with Crippen LogP contribution in [0.2, 0.25) is 0 Å². The predicted molar refractivity (Wildman–Crippen MR) is 313 cm³/mol. The molecule has 89 heavy (non-hydrogen) atoms. The Labute approximate surface area is 510 Å². The van der Waals surface area contributed by atoms with E-state index >= 15 is 4.39 Å². The third kappa shape index (κ3) is 16.9. The molecule has 8 rings (SSSR count). The Morgan fingerprint density at radius 1 is 0.753 bits per heavy atom. The van der Waals surface area contributed by atoms with Gasteiger partial charge in [0.25, 0.3) is 17.4 Å². The summed E-state index contributed by atoms with van der Waals surface area (Å²) in [6, 6.07) is 10.5. The van der Waals surface area contributed by atoms with Crippen LogP contribution in [-0.2, 0) is 110 Å². The normalized spacial score (nSPS) is 16.8. The van der Waals surface area contributed by atoms with Crippen molar-refractivity contribution < 1.29 is 81.1 Å². The number of fused-ring (bicyclic) bond motifs is 5. The molecule has 2 aromatic carbocycles. The molecule has 0 fully saturated rings. The number of hydrogen-bond acceptors (Lipinski definition) is 18. The molecule has 27 nitrogen and oxygen atoms in total. The van der Waals surface area contributed by atoms with Gasteiger partial charge in [0.2, 0.25) is 41.4 Å². The van der Waals surface area contributed by atoms with Gasteiger partial charge in [0.15, 0.2) is 5.60 Å². The van der Waals surface area contributed by atoms with Crippen LogP contribution < -0.4 is 43.2 Å². The molecule has 4 aromatic rings. The number of nitrogens with zero attached hydrogens (tertiary/aromatic N) is 3. The van der Waals surface area contributed by atoms with Crippen molar-refractivity contribution in [3.8, 4) is 11.4 Å². The monoisotopic (exact) mass is 1240 g/mol. The van der Waals surface area contributed by atoms with Crippen LogP contribution in [0.3, 0.4) is 0 Å². The van der Waals surface area contributed by atoms with E-state index in [1.807, 2.05) is 0 Å². The maximum atomic E-state index is 15.8. The lowest BCUT2D eigenvalue weighted by molar-refractivity contribution is -0.172. The zero-order valence-corrected chi connectivity index (χ0v) is 49.5. The smallest absolute Gasteiger partial charge is 0.343 e. The van der Waals surface area contributed by atoms with Crippen molar-refractivity contribution in [3.63, 3.8) is 0 Å². The summed E-state index contributed by atoms with van der Waals surface area (Å²) in [5.74, 6) is -7.47. The first-order valence-corrected chi connectivity index (χ1v) is 29.4. The van der Waals surface area contributed by atoms with Gasteiger partial charge in [0.1, 0.15) is 18.5 Å². The summed E-state index contributed by atoms with van der Waals surface area (Å²) >= 11 is 0. The first-order valence-electron chi connectivity index (χ1n) is 29.4. The zero-order chi connectivity index (χ0) is 63.8. The fourth-order valence-corrected chi connectivity index (χ4v) is 11.1. The van der Waals surface area contributed by atoms with E-state index in [4.69, 9.17) is 34.4 Å². The summed E-state index contributed by atoms with van der Waals surface area (Å²) in [6.45, 7) is 3.54. The van der Waals surface area contributed by atoms with Crippen LogP contribution in [-0.4, -0.2) is 177 Å². The molecule has 0 saturated heterocycles. The standard InChI is InChI=1S/C61H73FN10O17/c1-3-61(84)43-27-47-57-41(33-72(47)59(82)42(43)34-89-60(61)83)40-25-37(24-39-35(2)44(62)28-45(70-57)56(39)40)38(26-48(63)73)29-65-52(77)31-68-58(81)46(23-36-7-5-4-6-8-36)69-53(78)32-67-51(76)30-66-50(75)12-15-85-17-19-87-21-22-88-20-18-86-16-13-64-49(74)11-14-71-54(79)9-10-55(71)80/h4-10,27-28,37-38,46,84H,3,11-26,29-34H2,1-2H3,(H2,63,73)(H,64,74)(H,65,77)(H,66,75)(H,67,76)(H,68,81)(H,69,78)/t37?,38?,46?,61-/m0/s1. The maximum Gasteiger partial charge on any atom is 0.343 e. The summed E-state index contributed by atoms with van der Waals surface area (Å²) < 4.78 is 44.3. The maximum absolute atomic E-state index is 15.8. The lowest BCUT2D eigenvalue weighted by Crippen LogP contribution is -2.52. The van der Waals surface area contributed by atoms with Gasteiger partial charge in [-0.2, -0.15) is 0 Å². The van der Waals surface area contributed by atoms with E-state index in [0.717, 1.165) is 22.6 Å². The molecule has 476 valence electrons. The highest BCUT2D eigenvalue weighted by atomic mass is 19.1. The number of carbonyl (C=O) groups excluding carboxylic acids is 10. The molecule has 0 saturated carbocycles. The number of esters is 1. The first-order chi connectivity index (χ1) is 42.8. The molecule has 4 atom stereocenters. The largest absolute Gasteiger partial charge is 0.458 e. The molecule has 4 aliphatic rings. The first kappa shape index (κ1) is 66.1. The van der Waals surface area contributed by atoms with Gasteiger partial charge in [-0.3, -0.25) is 52.8 Å². The third-order valence-corrected chi connectivity index (χ3v) is 15.9. The van der Waals surface area contributed by atoms with Gasteiger partial charge < -0.3 is 71.0 Å². The SMILES string of the molecule is CC[C@@]1(O)C(=O)OCc2c1cc1n(c2=O)Cc2c-1nc1cc(F)c(C)c3c1c2CC(C(CNC(=O)CNC(=O)C(Cc1ccccc1)NC(=O)CNC(=O)CNC(=O)CCOCCOCCOCCOCCNC(=O)CCN1C(=O)C=CC1=O)CC(N)=O)C3. The second-order valence-electron chi connectivity index (χ2n) is 21.8. The molecule has 0 radical (unpaired) electrons. The summed E-state index contributed by atoms with van der Waals surface area (Å²) in [4.78, 5) is 146. The number of cyclic esters (lactones) is 1. The lowest BCUT2D eigenvalue weighted by Gasteiger charge is -2.33. The Hall–Kier alpha value is -8.83. The number of rotatable bonds is 34. The van der Waals surface area contributed by atoms with Crippen LogP contribution in [0.25, 0.3) is 22.3 Å². The second-order valence-corrected chi connectivity index (χ2v) is 21.8. The molecule has 0 bridgehead atoms. The molecule has 1 aliphatic carbocycles. The molecule has 28 heteroatoms. The van der Waals surface area contributed by atoms with Gasteiger partial charge in [-0.1, -0.05) is 37.3 Å². The molecule has 9 amide bonds. The highest BCUT2D eigenvalue weighted by Gasteiger charge is 2.46. The van der Waals surface area contributed by atoms with Gasteiger partial charge in [0, 0.05) is 80.0 Å². The van der Waals surface area contributed by atoms with Crippen LogP contribution in [0.15, 0.2) is 59.4 Å². The number of nitrogens with one attached hydrogen (secondary N) is 6. The van der Waals surface area contributed by atoms with Crippen LogP contribution >= 0.6 is 0 Å². The van der Waals surface area contributed by atoms with Crippen LogP contribution in [0, 0.1) is 24.6 Å². The van der Waals surface area contributed by atoms with E-state index in [0.29, 0.717) is 70.6 Å². The van der Waals surface area contributed by atoms with Crippen molar-refractivity contribution in [3.05, 3.63) is 110 Å². The number of carbonyl (C=O) groups is 10. The molecule has 2 aromatic heterocycles. The van der Waals surface area contributed by atoms with Crippen molar-refractivity contribution in [2.45, 2.75) is 83.6 Å². The van der Waals surface area contributed by atoms with E-state index in [2.05, 4.69) is 31.9 Å². The van der Waals surface area contributed by atoms with Crippen LogP contribution in [0.4, 0.5) is 4.39 Å². The average Bonchev–Trinajstić information content (AvgIpc) is 1.65. The second kappa shape index (κ2) is 30.9. The van der Waals surface area contributed by atoms with E-state index in [-0.39, 0.29) is 122 Å². The predicted octanol–water partition coefficient (Wildman–Crippen LogP) is -1.19. The molecule has 9 N–H and O–H groups in total. The summed E-state index contributed by atoms with van der Waals surface area (Å²) in [5.41, 5.74) is 7.77. The minimum absolute atomic E-state index is 0.00379. The number of amides is 9. The number of benzene rings is 2. The van der Waals surface area contributed by atoms with Gasteiger partial charge in [-0.05, 0) is 66.3 Å². The highest BCUT2D eigenvalue weighted by Crippen LogP contribution is 2.45. The summed E-state index contributed by atoms with van der Waals surface area (Å²) in [7, 11) is 0. The molecule has 3 unspecified atom stereocenters. The Morgan fingerprint density at radius 3 is 2.06 bits per heavy atom. The van der Waals surface area contributed by atoms with Crippen molar-refractivity contribution >= 4 is 70.0 Å². The van der Waals surface area contributed by atoms with E-state index in [9.17, 15) is 57.8 Å². The van der Waals surface area contributed by atoms with E-state index in [1.165, 1.54) is 10.6 Å². The quantitative estimate of drug-likeness (QED) is 0.0136.